The summed E-state index contributed by atoms with van der Waals surface area (Å²) in [7, 11) is 0. The van der Waals surface area contributed by atoms with Gasteiger partial charge in [-0.05, 0) is 71.0 Å². The fourth-order valence-corrected chi connectivity index (χ4v) is 6.49. The van der Waals surface area contributed by atoms with Gasteiger partial charge in [0.15, 0.2) is 0 Å². The number of likely N-dealkylation sites (tertiary alicyclic amines) is 2. The van der Waals surface area contributed by atoms with Crippen LogP contribution >= 0.6 is 11.6 Å². The number of hydrogen-bond donors (Lipinski definition) is 0. The lowest BCUT2D eigenvalue weighted by Crippen LogP contribution is -3.00. The Hall–Kier alpha value is 0.690. The normalized spacial score (nSPS) is 17.6. The lowest BCUT2D eigenvalue weighted by Gasteiger charge is -2.41. The molecular formula is C33H68BrClN2. The van der Waals surface area contributed by atoms with Crippen molar-refractivity contribution in [2.75, 3.05) is 51.7 Å². The van der Waals surface area contributed by atoms with Crippen LogP contribution in [0, 0.1) is 0 Å². The van der Waals surface area contributed by atoms with Crippen molar-refractivity contribution in [3.8, 4) is 0 Å². The third kappa shape index (κ3) is 22.1. The molecule has 0 spiro atoms. The van der Waals surface area contributed by atoms with E-state index in [0.29, 0.717) is 0 Å². The highest BCUT2D eigenvalue weighted by molar-refractivity contribution is 6.17. The summed E-state index contributed by atoms with van der Waals surface area (Å²) < 4.78 is 1.39. The van der Waals surface area contributed by atoms with Gasteiger partial charge in [-0.25, -0.2) is 0 Å². The van der Waals surface area contributed by atoms with Crippen molar-refractivity contribution in [2.45, 2.75) is 162 Å². The number of rotatable bonds is 21. The maximum Gasteiger partial charge on any atom is 0.0798 e. The Labute approximate surface area is 250 Å². The van der Waals surface area contributed by atoms with Crippen molar-refractivity contribution >= 4 is 11.6 Å². The van der Waals surface area contributed by atoms with Gasteiger partial charge < -0.3 is 26.4 Å². The standard InChI is InChI=1S/C18H37ClN.C15H31N.BrH/c1-2-3-4-5-6-7-8-10-15-20(18-13-14-19)16-11-9-12-17-20;1-2-3-4-5-6-7-8-10-13-16-14-11-9-12-15-16;/h2-18H2,1H3;2-15H2,1H3;1H/q+1;;/p-1. The summed E-state index contributed by atoms with van der Waals surface area (Å²) in [5, 5.41) is 0. The topological polar surface area (TPSA) is 3.24 Å². The maximum absolute atomic E-state index is 5.92. The number of hydrogen-bond acceptors (Lipinski definition) is 1. The van der Waals surface area contributed by atoms with Crippen LogP contribution < -0.4 is 17.0 Å². The largest absolute Gasteiger partial charge is 1.00 e. The minimum atomic E-state index is 0. The fraction of sp³-hybridized carbons (Fsp3) is 1.00. The number of piperidine rings is 2. The second-order valence-electron chi connectivity index (χ2n) is 12.2. The summed E-state index contributed by atoms with van der Waals surface area (Å²) in [5.41, 5.74) is 0. The van der Waals surface area contributed by atoms with Gasteiger partial charge in [-0.15, -0.1) is 11.6 Å². The first-order valence-corrected chi connectivity index (χ1v) is 17.4. The molecule has 224 valence electrons. The Kier molecular flexibility index (Phi) is 28.8. The smallest absolute Gasteiger partial charge is 0.0798 e. The van der Waals surface area contributed by atoms with Crippen molar-refractivity contribution in [3.05, 3.63) is 0 Å². The molecule has 0 unspecified atom stereocenters. The number of quaternary nitrogens is 1. The Morgan fingerprint density at radius 2 is 0.946 bits per heavy atom. The molecule has 0 N–H and O–H groups in total. The molecule has 0 saturated carbocycles. The quantitative estimate of drug-likeness (QED) is 0.0748. The third-order valence-electron chi connectivity index (χ3n) is 8.79. The van der Waals surface area contributed by atoms with Crippen LogP contribution in [-0.2, 0) is 0 Å². The molecule has 0 aromatic carbocycles. The van der Waals surface area contributed by atoms with Crippen molar-refractivity contribution in [3.63, 3.8) is 0 Å². The lowest BCUT2D eigenvalue weighted by atomic mass is 10.0. The first-order valence-electron chi connectivity index (χ1n) is 16.9. The molecule has 0 bridgehead atoms. The van der Waals surface area contributed by atoms with E-state index in [1.807, 2.05) is 0 Å². The Balaban J connectivity index is 0.000000698. The molecule has 2 saturated heterocycles. The molecule has 0 aromatic heterocycles. The first-order chi connectivity index (χ1) is 17.8. The van der Waals surface area contributed by atoms with E-state index in [2.05, 4.69) is 18.7 Å². The Morgan fingerprint density at radius 3 is 1.46 bits per heavy atom. The summed E-state index contributed by atoms with van der Waals surface area (Å²) in [5.74, 6) is 0.845. The Morgan fingerprint density at radius 1 is 0.514 bits per heavy atom. The molecular weight excluding hydrogens is 540 g/mol. The van der Waals surface area contributed by atoms with Gasteiger partial charge in [0, 0.05) is 12.3 Å². The van der Waals surface area contributed by atoms with Gasteiger partial charge in [-0.3, -0.25) is 0 Å². The van der Waals surface area contributed by atoms with Gasteiger partial charge in [-0.1, -0.05) is 104 Å². The SMILES string of the molecule is CCCCCCCCCCN1CCCCC1.CCCCCCCCCC[N+]1(CCCCl)CCCCC1.[Br-]. The molecule has 2 aliphatic rings. The predicted octanol–water partition coefficient (Wildman–Crippen LogP) is 7.37. The molecule has 37 heavy (non-hydrogen) atoms. The van der Waals surface area contributed by atoms with E-state index in [1.165, 1.54) is 198 Å². The number of alkyl halides is 1. The molecule has 2 nitrogen and oxygen atoms in total. The Bertz CT molecular complexity index is 436. The fourth-order valence-electron chi connectivity index (χ4n) is 6.37. The maximum atomic E-state index is 5.92. The van der Waals surface area contributed by atoms with Crippen molar-refractivity contribution in [1.29, 1.82) is 0 Å². The van der Waals surface area contributed by atoms with Crippen LogP contribution in [-0.4, -0.2) is 61.1 Å². The number of nitrogens with zero attached hydrogens (tertiary/aromatic N) is 2. The van der Waals surface area contributed by atoms with Crippen LogP contribution in [0.1, 0.15) is 162 Å². The van der Waals surface area contributed by atoms with E-state index < -0.39 is 0 Å². The molecule has 0 atom stereocenters. The summed E-state index contributed by atoms with van der Waals surface area (Å²) in [6.07, 6.45) is 33.0. The average Bonchev–Trinajstić information content (AvgIpc) is 2.92. The van der Waals surface area contributed by atoms with Crippen molar-refractivity contribution < 1.29 is 21.5 Å². The van der Waals surface area contributed by atoms with Crippen molar-refractivity contribution in [2.24, 2.45) is 0 Å². The molecule has 2 aliphatic heterocycles. The molecule has 2 rings (SSSR count). The van der Waals surface area contributed by atoms with Gasteiger partial charge >= 0.3 is 0 Å². The van der Waals surface area contributed by atoms with Crippen LogP contribution in [0.3, 0.4) is 0 Å². The highest BCUT2D eigenvalue weighted by Gasteiger charge is 2.28. The highest BCUT2D eigenvalue weighted by Crippen LogP contribution is 2.22. The molecule has 0 radical (unpaired) electrons. The molecule has 4 heteroatoms. The van der Waals surface area contributed by atoms with Gasteiger partial charge in [-0.2, -0.15) is 0 Å². The predicted molar refractivity (Wildman–Crippen MR) is 164 cm³/mol. The zero-order valence-corrected chi connectivity index (χ0v) is 27.9. The second-order valence-corrected chi connectivity index (χ2v) is 12.6. The summed E-state index contributed by atoms with van der Waals surface area (Å²) >= 11 is 5.92. The summed E-state index contributed by atoms with van der Waals surface area (Å²) in [4.78, 5) is 2.67. The summed E-state index contributed by atoms with van der Waals surface area (Å²) in [6.45, 7) is 14.3. The first kappa shape index (κ1) is 37.7. The van der Waals surface area contributed by atoms with Crippen LogP contribution in [0.2, 0.25) is 0 Å². The van der Waals surface area contributed by atoms with Crippen LogP contribution in [0.5, 0.6) is 0 Å². The summed E-state index contributed by atoms with van der Waals surface area (Å²) in [6, 6.07) is 0. The minimum Gasteiger partial charge on any atom is -1.00 e. The molecule has 0 aliphatic carbocycles. The van der Waals surface area contributed by atoms with Gasteiger partial charge in [0.1, 0.15) is 0 Å². The number of unbranched alkanes of at least 4 members (excludes halogenated alkanes) is 14. The third-order valence-corrected chi connectivity index (χ3v) is 9.06. The van der Waals surface area contributed by atoms with Crippen LogP contribution in [0.4, 0.5) is 0 Å². The molecule has 2 heterocycles. The van der Waals surface area contributed by atoms with E-state index >= 15 is 0 Å². The van der Waals surface area contributed by atoms with Crippen LogP contribution in [0.25, 0.3) is 0 Å². The average molecular weight is 608 g/mol. The van der Waals surface area contributed by atoms with E-state index in [9.17, 15) is 0 Å². The second kappa shape index (κ2) is 28.2. The lowest BCUT2D eigenvalue weighted by molar-refractivity contribution is -0.932. The van der Waals surface area contributed by atoms with Gasteiger partial charge in [0.25, 0.3) is 0 Å². The molecule has 2 fully saturated rings. The molecule has 0 amide bonds. The van der Waals surface area contributed by atoms with E-state index in [-0.39, 0.29) is 17.0 Å². The minimum absolute atomic E-state index is 0. The zero-order chi connectivity index (χ0) is 26.0. The van der Waals surface area contributed by atoms with Gasteiger partial charge in [0.05, 0.1) is 26.2 Å². The van der Waals surface area contributed by atoms with E-state index in [0.717, 1.165) is 5.88 Å². The zero-order valence-electron chi connectivity index (χ0n) is 25.6. The monoisotopic (exact) mass is 606 g/mol. The highest BCUT2D eigenvalue weighted by atomic mass is 79.9. The van der Waals surface area contributed by atoms with Crippen molar-refractivity contribution in [1.82, 2.24) is 4.90 Å². The van der Waals surface area contributed by atoms with E-state index in [4.69, 9.17) is 11.6 Å². The van der Waals surface area contributed by atoms with E-state index in [1.54, 1.807) is 0 Å². The van der Waals surface area contributed by atoms with Gasteiger partial charge in [0.2, 0.25) is 0 Å². The van der Waals surface area contributed by atoms with Crippen LogP contribution in [0.15, 0.2) is 0 Å². The number of halogens is 2. The molecule has 0 aromatic rings.